The molecule has 0 aromatic heterocycles. The zero-order chi connectivity index (χ0) is 16.6. The Morgan fingerprint density at radius 1 is 0.583 bits per heavy atom. The predicted molar refractivity (Wildman–Crippen MR) is 128 cm³/mol. The van der Waals surface area contributed by atoms with Gasteiger partial charge in [-0.1, -0.05) is 64.8 Å². The fourth-order valence-electron chi connectivity index (χ4n) is 7.56. The van der Waals surface area contributed by atoms with Gasteiger partial charge in [0.2, 0.25) is 0 Å². The largest absolute Gasteiger partial charge is 0.111 e. The lowest BCUT2D eigenvalue weighted by Crippen LogP contribution is -2.60. The molecule has 5 fully saturated rings. The third-order valence-electron chi connectivity index (χ3n) is 7.84. The average Bonchev–Trinajstić information content (AvgIpc) is 3.24. The van der Waals surface area contributed by atoms with E-state index < -0.39 is 0 Å². The van der Waals surface area contributed by atoms with Crippen molar-refractivity contribution in [2.75, 3.05) is 12.5 Å². The van der Waals surface area contributed by atoms with Gasteiger partial charge in [-0.05, 0) is 72.7 Å². The summed E-state index contributed by atoms with van der Waals surface area (Å²) in [5, 5.41) is 3.32. The SMILES string of the molecule is CSSC1C2CC(C1SS)C1C3C4CC(C(SSC)C4SS)C3C21. The summed E-state index contributed by atoms with van der Waals surface area (Å²) in [4.78, 5) is 0. The van der Waals surface area contributed by atoms with E-state index in [0.29, 0.717) is 0 Å². The summed E-state index contributed by atoms with van der Waals surface area (Å²) >= 11 is 9.39. The monoisotopic (exact) mass is 472 g/mol. The number of hydrogen-bond donors (Lipinski definition) is 2. The summed E-state index contributed by atoms with van der Waals surface area (Å²) < 4.78 is 0. The van der Waals surface area contributed by atoms with E-state index in [-0.39, 0.29) is 0 Å². The van der Waals surface area contributed by atoms with E-state index in [1.165, 1.54) is 12.8 Å². The molecule has 0 aromatic rings. The van der Waals surface area contributed by atoms with Gasteiger partial charge < -0.3 is 0 Å². The molecule has 0 saturated heterocycles. The highest BCUT2D eigenvalue weighted by molar-refractivity contribution is 8.77. The maximum atomic E-state index is 4.70. The van der Waals surface area contributed by atoms with Crippen LogP contribution in [0.2, 0.25) is 0 Å². The fourth-order valence-corrected chi connectivity index (χ4v) is 17.3. The number of thiol groups is 2. The van der Waals surface area contributed by atoms with Crippen molar-refractivity contribution in [3.05, 3.63) is 0 Å². The van der Waals surface area contributed by atoms with Crippen LogP contribution in [0.5, 0.6) is 0 Å². The summed E-state index contributed by atoms with van der Waals surface area (Å²) in [6, 6.07) is 0. The predicted octanol–water partition coefficient (Wildman–Crippen LogP) is 6.42. The van der Waals surface area contributed by atoms with Gasteiger partial charge in [-0.2, -0.15) is 0 Å². The lowest BCUT2D eigenvalue weighted by Gasteiger charge is -2.61. The van der Waals surface area contributed by atoms with Crippen molar-refractivity contribution in [1.82, 2.24) is 0 Å². The smallest absolute Gasteiger partial charge is 0.0312 e. The Hall–Kier alpha value is 2.80. The molecule has 12 atom stereocenters. The minimum atomic E-state index is 0.801. The summed E-state index contributed by atoms with van der Waals surface area (Å²) in [6.45, 7) is 0. The second kappa shape index (κ2) is 7.24. The zero-order valence-corrected chi connectivity index (χ0v) is 20.4. The van der Waals surface area contributed by atoms with Gasteiger partial charge in [-0.25, -0.2) is 0 Å². The molecule has 0 N–H and O–H groups in total. The van der Waals surface area contributed by atoms with E-state index in [1.807, 2.05) is 43.2 Å². The van der Waals surface area contributed by atoms with E-state index in [0.717, 1.165) is 68.3 Å². The van der Waals surface area contributed by atoms with Crippen LogP contribution in [-0.2, 0) is 0 Å². The molecule has 0 amide bonds. The highest BCUT2D eigenvalue weighted by Gasteiger charge is 2.76. The van der Waals surface area contributed by atoms with Gasteiger partial charge in [0.05, 0.1) is 0 Å². The minimum Gasteiger partial charge on any atom is -0.111 e. The van der Waals surface area contributed by atoms with Crippen LogP contribution in [-0.4, -0.2) is 33.5 Å². The third kappa shape index (κ3) is 2.38. The van der Waals surface area contributed by atoms with Crippen molar-refractivity contribution in [3.8, 4) is 0 Å². The first kappa shape index (κ1) is 18.8. The molecule has 5 aliphatic rings. The Balaban J connectivity index is 1.42. The molecule has 0 spiro atoms. The van der Waals surface area contributed by atoms with E-state index in [2.05, 4.69) is 34.1 Å². The quantitative estimate of drug-likeness (QED) is 0.336. The maximum absolute atomic E-state index is 4.70. The molecule has 8 heteroatoms. The average molecular weight is 473 g/mol. The fraction of sp³-hybridized carbons (Fsp3) is 1.00. The second-order valence-corrected chi connectivity index (χ2v) is 16.1. The molecule has 5 aliphatic carbocycles. The van der Waals surface area contributed by atoms with E-state index >= 15 is 0 Å². The van der Waals surface area contributed by atoms with Crippen molar-refractivity contribution in [3.63, 3.8) is 0 Å². The molecule has 0 aliphatic heterocycles. The molecular formula is C16H24S8. The Labute approximate surface area is 180 Å². The van der Waals surface area contributed by atoms with E-state index in [1.54, 1.807) is 0 Å². The Bertz CT molecular complexity index is 458. The van der Waals surface area contributed by atoms with Gasteiger partial charge in [0.15, 0.2) is 0 Å². The van der Waals surface area contributed by atoms with Crippen LogP contribution < -0.4 is 0 Å². The molecule has 0 heterocycles. The van der Waals surface area contributed by atoms with Crippen molar-refractivity contribution in [2.24, 2.45) is 47.3 Å². The van der Waals surface area contributed by atoms with Crippen LogP contribution in [0.3, 0.4) is 0 Å². The van der Waals surface area contributed by atoms with Crippen LogP contribution in [0.25, 0.3) is 0 Å². The number of fused-ring (bicyclic) bond motifs is 12. The molecule has 136 valence electrons. The number of hydrogen-bond acceptors (Lipinski definition) is 8. The molecule has 24 heavy (non-hydrogen) atoms. The van der Waals surface area contributed by atoms with Crippen LogP contribution in [0, 0.1) is 47.3 Å². The van der Waals surface area contributed by atoms with E-state index in [9.17, 15) is 0 Å². The van der Waals surface area contributed by atoms with Crippen LogP contribution in [0.4, 0.5) is 0 Å². The summed E-state index contributed by atoms with van der Waals surface area (Å²) in [5.74, 6) is 8.12. The minimum absolute atomic E-state index is 0.801. The first-order valence-corrected chi connectivity index (χ1v) is 17.9. The zero-order valence-electron chi connectivity index (χ0n) is 13.7. The van der Waals surface area contributed by atoms with Gasteiger partial charge in [0.1, 0.15) is 0 Å². The molecule has 4 bridgehead atoms. The molecule has 0 aromatic carbocycles. The molecule has 0 radical (unpaired) electrons. The van der Waals surface area contributed by atoms with Crippen LogP contribution in [0.15, 0.2) is 0 Å². The first-order valence-electron chi connectivity index (χ1n) is 8.76. The lowest BCUT2D eigenvalue weighted by atomic mass is 9.48. The molecule has 5 saturated carbocycles. The lowest BCUT2D eigenvalue weighted by molar-refractivity contribution is -0.0847. The van der Waals surface area contributed by atoms with Crippen molar-refractivity contribution < 1.29 is 0 Å². The van der Waals surface area contributed by atoms with Gasteiger partial charge in [0, 0.05) is 21.0 Å². The van der Waals surface area contributed by atoms with Crippen molar-refractivity contribution in [2.45, 2.75) is 33.8 Å². The summed E-state index contributed by atoms with van der Waals surface area (Å²) in [7, 11) is 12.1. The highest BCUT2D eigenvalue weighted by Crippen LogP contribution is 2.79. The second-order valence-electron chi connectivity index (χ2n) is 8.03. The summed E-state index contributed by atoms with van der Waals surface area (Å²) in [6.07, 6.45) is 7.54. The molecule has 12 unspecified atom stereocenters. The van der Waals surface area contributed by atoms with E-state index in [4.69, 9.17) is 23.3 Å². The first-order chi connectivity index (χ1) is 11.8. The summed E-state index contributed by atoms with van der Waals surface area (Å²) in [5.41, 5.74) is 0. The Kier molecular flexibility index (Phi) is 5.68. The molecule has 0 nitrogen and oxygen atoms in total. The van der Waals surface area contributed by atoms with Crippen LogP contribution in [0.1, 0.15) is 12.8 Å². The Morgan fingerprint density at radius 3 is 1.21 bits per heavy atom. The number of rotatable bonds is 6. The van der Waals surface area contributed by atoms with Gasteiger partial charge in [-0.15, -0.1) is 23.3 Å². The molecular weight excluding hydrogens is 449 g/mol. The molecule has 5 rings (SSSR count). The van der Waals surface area contributed by atoms with Gasteiger partial charge >= 0.3 is 0 Å². The van der Waals surface area contributed by atoms with Gasteiger partial charge in [-0.3, -0.25) is 0 Å². The standard InChI is InChI=1S/C16H24S8/c1-19-23-15-7-3-5(13(15)21-17)9-10-6-4-8(12(10)11(7)9)16(24-20-2)14(6)22-18/h5-18H,3-4H2,1-2H3. The normalized spacial score (nSPS) is 59.5. The Morgan fingerprint density at radius 2 is 0.917 bits per heavy atom. The van der Waals surface area contributed by atoms with Crippen LogP contribution >= 0.6 is 88.1 Å². The maximum Gasteiger partial charge on any atom is 0.0312 e. The van der Waals surface area contributed by atoms with Crippen molar-refractivity contribution >= 4 is 88.1 Å². The topological polar surface area (TPSA) is 0 Å². The third-order valence-corrected chi connectivity index (χ3v) is 16.0. The highest BCUT2D eigenvalue weighted by atomic mass is 33.1. The van der Waals surface area contributed by atoms with Gasteiger partial charge in [0.25, 0.3) is 0 Å². The van der Waals surface area contributed by atoms with Crippen molar-refractivity contribution in [1.29, 1.82) is 0 Å².